The Morgan fingerprint density at radius 1 is 1.18 bits per heavy atom. The van der Waals surface area contributed by atoms with Gasteiger partial charge >= 0.3 is 0 Å². The predicted octanol–water partition coefficient (Wildman–Crippen LogP) is 2.84. The first-order valence-electron chi connectivity index (χ1n) is 12.5. The van der Waals surface area contributed by atoms with E-state index in [2.05, 4.69) is 25.3 Å². The highest BCUT2D eigenvalue weighted by molar-refractivity contribution is 7.98. The van der Waals surface area contributed by atoms with E-state index in [9.17, 15) is 27.9 Å². The number of aromatic nitrogens is 3. The summed E-state index contributed by atoms with van der Waals surface area (Å²) in [6.07, 6.45) is 2.24. The number of nitrogens with zero attached hydrogens (tertiary/aromatic N) is 2. The van der Waals surface area contributed by atoms with Gasteiger partial charge in [-0.05, 0) is 49.6 Å². The third kappa shape index (κ3) is 5.16. The molecule has 5 rings (SSSR count). The van der Waals surface area contributed by atoms with Crippen LogP contribution in [0.5, 0.6) is 0 Å². The van der Waals surface area contributed by atoms with Gasteiger partial charge in [0.1, 0.15) is 23.1 Å². The fourth-order valence-electron chi connectivity index (χ4n) is 4.64. The molecular weight excluding hydrogens is 536 g/mol. The third-order valence-corrected chi connectivity index (χ3v) is 8.04. The van der Waals surface area contributed by atoms with Crippen LogP contribution < -0.4 is 20.9 Å². The summed E-state index contributed by atoms with van der Waals surface area (Å²) >= 11 is 0. The average molecular weight is 563 g/mol. The number of hydrogen-bond acceptors (Lipinski definition) is 7. The number of fused-ring (bicyclic) bond motifs is 1. The van der Waals surface area contributed by atoms with E-state index in [4.69, 9.17) is 0 Å². The fraction of sp³-hybridized carbons (Fsp3) is 0.222. The molecule has 4 N–H and O–H groups in total. The minimum absolute atomic E-state index is 0.0201. The molecule has 0 saturated carbocycles. The Bertz CT molecular complexity index is 1780. The molecule has 0 spiro atoms. The normalized spacial score (nSPS) is 16.8. The molecule has 1 saturated heterocycles. The lowest BCUT2D eigenvalue weighted by Crippen LogP contribution is -2.45. The van der Waals surface area contributed by atoms with Crippen LogP contribution in [0.3, 0.4) is 0 Å². The molecule has 4 aromatic rings. The summed E-state index contributed by atoms with van der Waals surface area (Å²) in [5.74, 6) is -1.37. The van der Waals surface area contributed by atoms with Crippen molar-refractivity contribution in [2.45, 2.75) is 44.0 Å². The molecule has 1 aliphatic heterocycles. The van der Waals surface area contributed by atoms with Crippen LogP contribution in [-0.2, 0) is 30.6 Å². The van der Waals surface area contributed by atoms with Crippen molar-refractivity contribution in [3.8, 4) is 0 Å². The van der Waals surface area contributed by atoms with E-state index in [1.165, 1.54) is 22.9 Å². The van der Waals surface area contributed by atoms with Crippen molar-refractivity contribution < 1.29 is 23.1 Å². The van der Waals surface area contributed by atoms with Crippen molar-refractivity contribution in [3.05, 3.63) is 82.2 Å². The number of amides is 3. The summed E-state index contributed by atoms with van der Waals surface area (Å²) in [5, 5.41) is 5.09. The van der Waals surface area contributed by atoms with Crippen LogP contribution in [0.2, 0.25) is 0 Å². The summed E-state index contributed by atoms with van der Waals surface area (Å²) < 4.78 is 29.5. The maximum atomic E-state index is 13.4. The van der Waals surface area contributed by atoms with Gasteiger partial charge in [0.05, 0.1) is 23.0 Å². The van der Waals surface area contributed by atoms with E-state index in [1.807, 2.05) is 13.0 Å². The summed E-state index contributed by atoms with van der Waals surface area (Å²) in [5.41, 5.74) is 1.31. The van der Waals surface area contributed by atoms with Crippen LogP contribution in [-0.4, -0.2) is 36.8 Å². The number of benzene rings is 2. The molecule has 12 nitrogen and oxygen atoms in total. The zero-order valence-corrected chi connectivity index (χ0v) is 22.5. The van der Waals surface area contributed by atoms with Crippen molar-refractivity contribution in [2.75, 3.05) is 10.0 Å². The maximum Gasteiger partial charge on any atom is 0.272 e. The fourth-order valence-corrected chi connectivity index (χ4v) is 5.69. The van der Waals surface area contributed by atoms with Crippen LogP contribution in [0, 0.1) is 6.92 Å². The number of nitrogens with one attached hydrogen (secondary N) is 4. The number of H-pyrrole nitrogens is 1. The number of carbonyl (C=O) groups excluding carboxylic acids is 3. The topological polar surface area (TPSA) is 178 Å². The summed E-state index contributed by atoms with van der Waals surface area (Å²) in [4.78, 5) is 57.4. The first-order chi connectivity index (χ1) is 19.1. The van der Waals surface area contributed by atoms with Gasteiger partial charge in [0.2, 0.25) is 11.8 Å². The SMILES string of the molecule is CCc1cccc(N[S+](=O)([O-])c2c[nH]c(C(=O)Nc3cccc4c(=O)n(C5CCC(=O)NC5=O)c(C)nc34)c2)c1. The van der Waals surface area contributed by atoms with E-state index in [1.54, 1.807) is 37.3 Å². The number of aryl methyl sites for hydroxylation is 2. The van der Waals surface area contributed by atoms with Crippen molar-refractivity contribution in [2.24, 2.45) is 0 Å². The smallest absolute Gasteiger partial charge is 0.272 e. The molecule has 0 aliphatic carbocycles. The first-order valence-corrected chi connectivity index (χ1v) is 14.0. The standard InChI is InChI=1S/C27H26N6O6S/c1-3-16-6-4-7-17(12-16)32-40(38,39)18-13-21(28-14-18)25(35)30-20-9-5-8-19-24(20)29-15(2)33(27(19)37)22-10-11-23(34)31-26(22)36/h4-9,12-14,22H,3,10-11H2,1-2H3,(H4-,28,30,31,32,34,35,36,38,39). The van der Waals surface area contributed by atoms with Crippen LogP contribution in [0.4, 0.5) is 11.4 Å². The van der Waals surface area contributed by atoms with Crippen molar-refractivity contribution in [1.29, 1.82) is 0 Å². The molecule has 206 valence electrons. The first kappa shape index (κ1) is 27.0. The van der Waals surface area contributed by atoms with Crippen molar-refractivity contribution >= 4 is 50.4 Å². The molecular formula is C27H26N6O6S. The van der Waals surface area contributed by atoms with Crippen molar-refractivity contribution in [1.82, 2.24) is 19.9 Å². The Balaban J connectivity index is 1.40. The van der Waals surface area contributed by atoms with Crippen LogP contribution in [0.1, 0.15) is 47.7 Å². The van der Waals surface area contributed by atoms with Crippen molar-refractivity contribution in [3.63, 3.8) is 0 Å². The van der Waals surface area contributed by atoms with E-state index in [0.717, 1.165) is 12.0 Å². The Labute approximate surface area is 229 Å². The van der Waals surface area contributed by atoms with Gasteiger partial charge in [0.15, 0.2) is 15.3 Å². The molecule has 3 heterocycles. The predicted molar refractivity (Wildman–Crippen MR) is 147 cm³/mol. The number of sulfonamides is 1. The number of hydrogen-bond donors (Lipinski definition) is 4. The Morgan fingerprint density at radius 2 is 1.95 bits per heavy atom. The van der Waals surface area contributed by atoms with E-state index < -0.39 is 39.7 Å². The number of para-hydroxylation sites is 1. The molecule has 1 aliphatic rings. The maximum absolute atomic E-state index is 13.4. The molecule has 2 aromatic carbocycles. The molecule has 2 atom stereocenters. The third-order valence-electron chi connectivity index (χ3n) is 6.68. The monoisotopic (exact) mass is 562 g/mol. The van der Waals surface area contributed by atoms with Gasteiger partial charge in [-0.1, -0.05) is 29.3 Å². The second-order valence-electron chi connectivity index (χ2n) is 9.37. The molecule has 3 amide bonds. The average Bonchev–Trinajstić information content (AvgIpc) is 3.42. The molecule has 40 heavy (non-hydrogen) atoms. The summed E-state index contributed by atoms with van der Waals surface area (Å²) in [6.45, 7) is 3.53. The van der Waals surface area contributed by atoms with Gasteiger partial charge in [0, 0.05) is 12.5 Å². The number of carbonyl (C=O) groups is 3. The highest BCUT2D eigenvalue weighted by atomic mass is 32.3. The number of aromatic amines is 1. The lowest BCUT2D eigenvalue weighted by Gasteiger charge is -2.24. The van der Waals surface area contributed by atoms with Gasteiger partial charge in [0.25, 0.3) is 11.5 Å². The Kier molecular flexibility index (Phi) is 7.08. The number of piperidine rings is 1. The molecule has 1 fully saturated rings. The lowest BCUT2D eigenvalue weighted by atomic mass is 10.1. The van der Waals surface area contributed by atoms with Crippen LogP contribution >= 0.6 is 0 Å². The molecule has 13 heteroatoms. The minimum atomic E-state index is -3.96. The van der Waals surface area contributed by atoms with E-state index in [0.29, 0.717) is 5.69 Å². The number of rotatable bonds is 7. The van der Waals surface area contributed by atoms with Crippen LogP contribution in [0.15, 0.2) is 64.4 Å². The number of anilines is 2. The van der Waals surface area contributed by atoms with Gasteiger partial charge in [-0.3, -0.25) is 29.1 Å². The van der Waals surface area contributed by atoms with E-state index in [-0.39, 0.29) is 45.8 Å². The Hall–Kier alpha value is -4.62. The molecule has 0 bridgehead atoms. The lowest BCUT2D eigenvalue weighted by molar-refractivity contribution is -0.135. The molecule has 0 radical (unpaired) electrons. The van der Waals surface area contributed by atoms with Gasteiger partial charge < -0.3 is 14.9 Å². The zero-order valence-electron chi connectivity index (χ0n) is 21.6. The Morgan fingerprint density at radius 3 is 2.70 bits per heavy atom. The molecule has 2 unspecified atom stereocenters. The van der Waals surface area contributed by atoms with Gasteiger partial charge in [-0.15, -0.1) is 0 Å². The second kappa shape index (κ2) is 10.5. The number of imide groups is 1. The van der Waals surface area contributed by atoms with Crippen LogP contribution in [0.25, 0.3) is 10.9 Å². The zero-order chi connectivity index (χ0) is 28.6. The second-order valence-corrected chi connectivity index (χ2v) is 11.0. The van der Waals surface area contributed by atoms with Gasteiger partial charge in [-0.2, -0.15) is 0 Å². The largest absolute Gasteiger partial charge is 0.588 e. The quantitative estimate of drug-likeness (QED) is 0.198. The summed E-state index contributed by atoms with van der Waals surface area (Å²) in [7, 11) is -3.96. The highest BCUT2D eigenvalue weighted by Gasteiger charge is 2.31. The minimum Gasteiger partial charge on any atom is -0.588 e. The molecule has 2 aromatic heterocycles. The summed E-state index contributed by atoms with van der Waals surface area (Å²) in [6, 6.07) is 12.0. The van der Waals surface area contributed by atoms with Gasteiger partial charge in [-0.25, -0.2) is 9.71 Å². The van der Waals surface area contributed by atoms with E-state index >= 15 is 0 Å². The highest BCUT2D eigenvalue weighted by Crippen LogP contribution is 2.25.